The van der Waals surface area contributed by atoms with Gasteiger partial charge in [0.05, 0.1) is 38.3 Å². The first-order valence-corrected chi connectivity index (χ1v) is 11.5. The van der Waals surface area contributed by atoms with Gasteiger partial charge in [-0.1, -0.05) is 38.1 Å². The maximum atomic E-state index is 12.3. The van der Waals surface area contributed by atoms with Gasteiger partial charge in [0.25, 0.3) is 0 Å². The van der Waals surface area contributed by atoms with Crippen molar-refractivity contribution in [3.63, 3.8) is 0 Å². The number of methoxy groups -OCH3 is 3. The van der Waals surface area contributed by atoms with Crippen LogP contribution in [0.4, 0.5) is 5.69 Å². The van der Waals surface area contributed by atoms with Gasteiger partial charge in [-0.2, -0.15) is 5.26 Å². The van der Waals surface area contributed by atoms with Crippen molar-refractivity contribution in [2.45, 2.75) is 20.3 Å². The molecule has 0 aliphatic rings. The first kappa shape index (κ1) is 24.8. The van der Waals surface area contributed by atoms with Crippen molar-refractivity contribution < 1.29 is 19.0 Å². The lowest BCUT2D eigenvalue weighted by Crippen LogP contribution is -2.07. The summed E-state index contributed by atoms with van der Waals surface area (Å²) in [4.78, 5) is 16.9. The molecule has 1 heterocycles. The molecular weight excluding hydrogens is 450 g/mol. The molecule has 7 nitrogen and oxygen atoms in total. The fourth-order valence-corrected chi connectivity index (χ4v) is 4.18. The third-order valence-electron chi connectivity index (χ3n) is 5.05. The second-order valence-electron chi connectivity index (χ2n) is 7.89. The van der Waals surface area contributed by atoms with Gasteiger partial charge in [-0.05, 0) is 17.9 Å². The van der Waals surface area contributed by atoms with Crippen molar-refractivity contribution in [3.05, 3.63) is 64.1 Å². The van der Waals surface area contributed by atoms with Gasteiger partial charge >= 0.3 is 5.97 Å². The molecule has 1 N–H and O–H groups in total. The molecule has 8 heteroatoms. The molecule has 1 aromatic heterocycles. The Bertz CT molecular complexity index is 1220. The summed E-state index contributed by atoms with van der Waals surface area (Å²) < 4.78 is 15.5. The molecule has 3 aromatic rings. The number of carbonyl (C=O) groups is 1. The van der Waals surface area contributed by atoms with Gasteiger partial charge in [-0.3, -0.25) is 0 Å². The van der Waals surface area contributed by atoms with Crippen molar-refractivity contribution in [3.8, 4) is 28.8 Å². The van der Waals surface area contributed by atoms with E-state index in [4.69, 9.17) is 14.2 Å². The molecule has 0 radical (unpaired) electrons. The number of nitrogens with one attached hydrogen (secondary N) is 1. The fourth-order valence-electron chi connectivity index (χ4n) is 3.38. The zero-order chi connectivity index (χ0) is 24.7. The van der Waals surface area contributed by atoms with E-state index in [1.807, 2.05) is 5.38 Å². The van der Waals surface area contributed by atoms with Crippen LogP contribution in [-0.4, -0.2) is 32.3 Å². The van der Waals surface area contributed by atoms with Gasteiger partial charge in [0, 0.05) is 29.3 Å². The smallest absolute Gasteiger partial charge is 0.340 e. The molecule has 0 unspecified atom stereocenters. The Labute approximate surface area is 203 Å². The SMILES string of the molecule is COC(=O)c1cc(OC)c(OC)cc1NC=C(C#N)c1nc(-c2ccc(CC(C)C)cc2)cs1. The van der Waals surface area contributed by atoms with Gasteiger partial charge in [0.2, 0.25) is 0 Å². The third-order valence-corrected chi connectivity index (χ3v) is 5.93. The quantitative estimate of drug-likeness (QED) is 0.308. The number of hydrogen-bond acceptors (Lipinski definition) is 8. The topological polar surface area (TPSA) is 93.5 Å². The number of rotatable bonds is 9. The van der Waals surface area contributed by atoms with E-state index in [-0.39, 0.29) is 5.56 Å². The highest BCUT2D eigenvalue weighted by molar-refractivity contribution is 7.11. The molecule has 0 aliphatic heterocycles. The lowest BCUT2D eigenvalue weighted by molar-refractivity contribution is 0.0601. The Morgan fingerprint density at radius 2 is 1.82 bits per heavy atom. The molecular formula is C26H27N3O4S. The summed E-state index contributed by atoms with van der Waals surface area (Å²) in [6.45, 7) is 4.39. The lowest BCUT2D eigenvalue weighted by Gasteiger charge is -2.13. The molecule has 0 spiro atoms. The van der Waals surface area contributed by atoms with Crippen LogP contribution in [0.5, 0.6) is 11.5 Å². The molecule has 0 aliphatic carbocycles. The van der Waals surface area contributed by atoms with Crippen LogP contribution in [0.25, 0.3) is 16.8 Å². The molecule has 0 atom stereocenters. The number of aromatic nitrogens is 1. The number of esters is 1. The van der Waals surface area contributed by atoms with E-state index in [0.29, 0.717) is 33.7 Å². The predicted octanol–water partition coefficient (Wildman–Crippen LogP) is 5.79. The van der Waals surface area contributed by atoms with Gasteiger partial charge in [-0.25, -0.2) is 9.78 Å². The van der Waals surface area contributed by atoms with Crippen LogP contribution in [0.3, 0.4) is 0 Å². The van der Waals surface area contributed by atoms with Crippen molar-refractivity contribution in [1.29, 1.82) is 5.26 Å². The molecule has 0 bridgehead atoms. The largest absolute Gasteiger partial charge is 0.493 e. The average molecular weight is 478 g/mol. The Morgan fingerprint density at radius 1 is 1.15 bits per heavy atom. The number of benzene rings is 2. The highest BCUT2D eigenvalue weighted by Gasteiger charge is 2.18. The van der Waals surface area contributed by atoms with Gasteiger partial charge < -0.3 is 19.5 Å². The average Bonchev–Trinajstić information content (AvgIpc) is 3.33. The number of carbonyl (C=O) groups excluding carboxylic acids is 1. The van der Waals surface area contributed by atoms with Crippen LogP contribution in [-0.2, 0) is 11.2 Å². The Hall–Kier alpha value is -3.83. The number of anilines is 1. The summed E-state index contributed by atoms with van der Waals surface area (Å²) in [5.74, 6) is 0.870. The van der Waals surface area contributed by atoms with E-state index in [1.54, 1.807) is 6.07 Å². The first-order valence-electron chi connectivity index (χ1n) is 10.7. The van der Waals surface area contributed by atoms with Gasteiger partial charge in [0.15, 0.2) is 11.5 Å². The Balaban J connectivity index is 1.88. The van der Waals surface area contributed by atoms with Crippen LogP contribution in [0.1, 0.15) is 34.8 Å². The van der Waals surface area contributed by atoms with Crippen LogP contribution in [0, 0.1) is 17.2 Å². The van der Waals surface area contributed by atoms with Crippen molar-refractivity contribution in [2.24, 2.45) is 5.92 Å². The van der Waals surface area contributed by atoms with Crippen molar-refractivity contribution >= 4 is 28.6 Å². The lowest BCUT2D eigenvalue weighted by atomic mass is 10.0. The van der Waals surface area contributed by atoms with Gasteiger partial charge in [0.1, 0.15) is 16.6 Å². The fraction of sp³-hybridized carbons (Fsp3) is 0.269. The second-order valence-corrected chi connectivity index (χ2v) is 8.75. The van der Waals surface area contributed by atoms with E-state index in [0.717, 1.165) is 17.7 Å². The van der Waals surface area contributed by atoms with Crippen molar-refractivity contribution in [1.82, 2.24) is 4.98 Å². The number of allylic oxidation sites excluding steroid dienone is 1. The van der Waals surface area contributed by atoms with E-state index in [1.165, 1.54) is 50.5 Å². The molecule has 0 saturated heterocycles. The van der Waals surface area contributed by atoms with Gasteiger partial charge in [-0.15, -0.1) is 11.3 Å². The van der Waals surface area contributed by atoms with E-state index in [9.17, 15) is 10.1 Å². The standard InChI is InChI=1S/C26H27N3O4S/c1-16(2)10-17-6-8-18(9-7-17)22-15-34-25(29-22)19(13-27)14-28-21-12-24(32-4)23(31-3)11-20(21)26(30)33-5/h6-9,11-12,14-16,28H,10H2,1-5H3. The zero-order valence-electron chi connectivity index (χ0n) is 19.8. The molecule has 34 heavy (non-hydrogen) atoms. The summed E-state index contributed by atoms with van der Waals surface area (Å²) in [5, 5.41) is 15.3. The van der Waals surface area contributed by atoms with E-state index < -0.39 is 5.97 Å². The predicted molar refractivity (Wildman–Crippen MR) is 134 cm³/mol. The summed E-state index contributed by atoms with van der Waals surface area (Å²) >= 11 is 1.38. The number of nitriles is 1. The molecule has 0 amide bonds. The monoisotopic (exact) mass is 477 g/mol. The summed E-state index contributed by atoms with van der Waals surface area (Å²) in [7, 11) is 4.28. The maximum Gasteiger partial charge on any atom is 0.340 e. The highest BCUT2D eigenvalue weighted by atomic mass is 32.1. The van der Waals surface area contributed by atoms with E-state index >= 15 is 0 Å². The number of hydrogen-bond donors (Lipinski definition) is 1. The second kappa shape index (κ2) is 11.3. The minimum Gasteiger partial charge on any atom is -0.493 e. The minimum atomic E-state index is -0.548. The molecule has 0 fully saturated rings. The molecule has 2 aromatic carbocycles. The normalized spacial score (nSPS) is 11.1. The molecule has 3 rings (SSSR count). The summed E-state index contributed by atoms with van der Waals surface area (Å²) in [5.41, 5.74) is 4.07. The van der Waals surface area contributed by atoms with Crippen molar-refractivity contribution in [2.75, 3.05) is 26.6 Å². The first-order chi connectivity index (χ1) is 16.4. The zero-order valence-corrected chi connectivity index (χ0v) is 20.7. The van der Waals surface area contributed by atoms with Crippen LogP contribution < -0.4 is 14.8 Å². The Morgan fingerprint density at radius 3 is 2.41 bits per heavy atom. The van der Waals surface area contributed by atoms with E-state index in [2.05, 4.69) is 54.5 Å². The number of ether oxygens (including phenoxy) is 3. The number of nitrogens with zero attached hydrogens (tertiary/aromatic N) is 2. The third kappa shape index (κ3) is 5.74. The van der Waals surface area contributed by atoms with Crippen LogP contribution >= 0.6 is 11.3 Å². The molecule has 176 valence electrons. The molecule has 0 saturated carbocycles. The summed E-state index contributed by atoms with van der Waals surface area (Å²) in [6, 6.07) is 13.6. The minimum absolute atomic E-state index is 0.245. The van der Waals surface area contributed by atoms with Crippen LogP contribution in [0.2, 0.25) is 0 Å². The summed E-state index contributed by atoms with van der Waals surface area (Å²) in [6.07, 6.45) is 2.54. The maximum absolute atomic E-state index is 12.3. The highest BCUT2D eigenvalue weighted by Crippen LogP contribution is 2.34. The Kier molecular flexibility index (Phi) is 8.28. The van der Waals surface area contributed by atoms with Crippen LogP contribution in [0.15, 0.2) is 48.0 Å². The number of thiazole rings is 1.